The van der Waals surface area contributed by atoms with Crippen molar-refractivity contribution in [3.63, 3.8) is 0 Å². The van der Waals surface area contributed by atoms with E-state index in [2.05, 4.69) is 5.32 Å². The van der Waals surface area contributed by atoms with E-state index in [-0.39, 0.29) is 11.2 Å². The van der Waals surface area contributed by atoms with Gasteiger partial charge in [-0.1, -0.05) is 19.9 Å². The van der Waals surface area contributed by atoms with Gasteiger partial charge < -0.3 is 26.8 Å². The molecule has 0 aromatic heterocycles. The Morgan fingerprint density at radius 1 is 1.25 bits per heavy atom. The molecule has 1 aromatic rings. The fourth-order valence-electron chi connectivity index (χ4n) is 1.94. The van der Waals surface area contributed by atoms with Gasteiger partial charge in [-0.05, 0) is 38.4 Å². The van der Waals surface area contributed by atoms with Crippen LogP contribution in [-0.2, 0) is 10.1 Å². The normalized spacial score (nSPS) is 13.6. The molecule has 0 amide bonds. The summed E-state index contributed by atoms with van der Waals surface area (Å²) in [4.78, 5) is 0. The number of nitrogens with one attached hydrogen (secondary N) is 1. The molecule has 0 aliphatic rings. The number of hydrogen-bond acceptors (Lipinski definition) is 7. The van der Waals surface area contributed by atoms with Crippen molar-refractivity contribution in [3.05, 3.63) is 18.2 Å². The topological polar surface area (TPSA) is 159 Å². The van der Waals surface area contributed by atoms with E-state index in [4.69, 9.17) is 26.1 Å². The lowest BCUT2D eigenvalue weighted by Gasteiger charge is -2.28. The van der Waals surface area contributed by atoms with Crippen molar-refractivity contribution in [2.75, 3.05) is 23.8 Å². The van der Waals surface area contributed by atoms with Gasteiger partial charge in [0.05, 0.1) is 5.75 Å². The molecule has 1 rings (SSSR count). The van der Waals surface area contributed by atoms with Crippen LogP contribution < -0.4 is 22.2 Å². The van der Waals surface area contributed by atoms with Crippen LogP contribution in [0.4, 0.5) is 11.4 Å². The third kappa shape index (κ3) is 9.09. The Balaban J connectivity index is 0.000000446. The van der Waals surface area contributed by atoms with E-state index in [1.165, 1.54) is 12.1 Å². The summed E-state index contributed by atoms with van der Waals surface area (Å²) in [5.74, 6) is -0.226. The maximum Gasteiger partial charge on any atom is 0.490 e. The fraction of sp³-hybridized carbons (Fsp3) is 0.571. The highest BCUT2D eigenvalue weighted by Gasteiger charge is 2.26. The number of hydrogen-bond donors (Lipinski definition) is 6. The highest BCUT2D eigenvalue weighted by molar-refractivity contribution is 7.85. The van der Waals surface area contributed by atoms with Gasteiger partial charge in [-0.3, -0.25) is 4.55 Å². The van der Waals surface area contributed by atoms with E-state index in [9.17, 15) is 8.42 Å². The van der Waals surface area contributed by atoms with Crippen molar-refractivity contribution in [3.8, 4) is 0 Å². The zero-order valence-electron chi connectivity index (χ0n) is 14.4. The molecule has 0 saturated carbocycles. The first-order chi connectivity index (χ1) is 10.9. The maximum atomic E-state index is 10.7. The number of nitrogen functional groups attached to an aromatic ring is 2. The number of anilines is 2. The second-order valence-corrected chi connectivity index (χ2v) is 7.28. The van der Waals surface area contributed by atoms with Gasteiger partial charge in [0, 0.05) is 22.4 Å². The molecule has 1 aromatic carbocycles. The standard InChI is InChI=1S/C8H19NO3S.C6H9BN2O2/c1-4-6-9-8(3,5-2)7-13(10,11)12;8-4-1-2-5(7(10)11)6(9)3-4/h9H,4-7H2,1-3H3,(H,10,11,12);1-3,10-11H,8-9H2. The van der Waals surface area contributed by atoms with Gasteiger partial charge >= 0.3 is 7.12 Å². The first-order valence-corrected chi connectivity index (χ1v) is 9.26. The summed E-state index contributed by atoms with van der Waals surface area (Å²) in [7, 11) is -5.42. The lowest BCUT2D eigenvalue weighted by atomic mass is 9.79. The number of nitrogens with two attached hydrogens (primary N) is 2. The van der Waals surface area contributed by atoms with Crippen molar-refractivity contribution in [2.45, 2.75) is 39.2 Å². The van der Waals surface area contributed by atoms with Gasteiger partial charge in [0.2, 0.25) is 0 Å². The Bertz CT molecular complexity index is 612. The summed E-state index contributed by atoms with van der Waals surface area (Å²) in [6, 6.07) is 4.52. The highest BCUT2D eigenvalue weighted by atomic mass is 32.2. The van der Waals surface area contributed by atoms with Gasteiger partial charge in [-0.15, -0.1) is 0 Å². The van der Waals surface area contributed by atoms with Crippen LogP contribution in [0, 0.1) is 0 Å². The fourth-order valence-corrected chi connectivity index (χ4v) is 3.05. The third-order valence-corrected chi connectivity index (χ3v) is 4.47. The van der Waals surface area contributed by atoms with E-state index in [0.717, 1.165) is 13.0 Å². The molecular formula is C14H28BN3O5S. The van der Waals surface area contributed by atoms with E-state index in [1.807, 2.05) is 13.8 Å². The smallest absolute Gasteiger partial charge is 0.423 e. The summed E-state index contributed by atoms with van der Waals surface area (Å²) in [6.07, 6.45) is 1.62. The Labute approximate surface area is 144 Å². The van der Waals surface area contributed by atoms with Crippen LogP contribution >= 0.6 is 0 Å². The van der Waals surface area contributed by atoms with Gasteiger partial charge in [-0.25, -0.2) is 0 Å². The molecule has 138 valence electrons. The molecule has 1 atom stereocenters. The monoisotopic (exact) mass is 361 g/mol. The van der Waals surface area contributed by atoms with E-state index in [0.29, 0.717) is 17.8 Å². The molecule has 8 N–H and O–H groups in total. The van der Waals surface area contributed by atoms with Crippen LogP contribution in [0.15, 0.2) is 18.2 Å². The molecule has 24 heavy (non-hydrogen) atoms. The lowest BCUT2D eigenvalue weighted by Crippen LogP contribution is -2.47. The maximum absolute atomic E-state index is 10.7. The molecule has 10 heteroatoms. The largest absolute Gasteiger partial charge is 0.490 e. The molecule has 0 saturated heterocycles. The quantitative estimate of drug-likeness (QED) is 0.217. The number of rotatable bonds is 7. The lowest BCUT2D eigenvalue weighted by molar-refractivity contribution is 0.364. The van der Waals surface area contributed by atoms with Crippen molar-refractivity contribution >= 4 is 34.1 Å². The van der Waals surface area contributed by atoms with E-state index < -0.39 is 22.8 Å². The second kappa shape index (κ2) is 9.85. The van der Waals surface area contributed by atoms with Crippen LogP contribution in [0.1, 0.15) is 33.6 Å². The van der Waals surface area contributed by atoms with E-state index in [1.54, 1.807) is 13.0 Å². The van der Waals surface area contributed by atoms with Crippen molar-refractivity contribution < 1.29 is 23.0 Å². The van der Waals surface area contributed by atoms with Crippen LogP contribution in [0.25, 0.3) is 0 Å². The number of benzene rings is 1. The Hall–Kier alpha value is -1.33. The molecule has 8 nitrogen and oxygen atoms in total. The predicted octanol–water partition coefficient (Wildman–Crippen LogP) is -0.427. The Morgan fingerprint density at radius 2 is 1.83 bits per heavy atom. The van der Waals surface area contributed by atoms with Gasteiger partial charge in [-0.2, -0.15) is 8.42 Å². The van der Waals surface area contributed by atoms with Crippen molar-refractivity contribution in [1.82, 2.24) is 5.32 Å². The highest BCUT2D eigenvalue weighted by Crippen LogP contribution is 2.11. The van der Waals surface area contributed by atoms with E-state index >= 15 is 0 Å². The van der Waals surface area contributed by atoms with Gasteiger partial charge in [0.1, 0.15) is 0 Å². The van der Waals surface area contributed by atoms with Crippen LogP contribution in [0.3, 0.4) is 0 Å². The molecule has 0 aliphatic carbocycles. The molecule has 0 bridgehead atoms. The minimum Gasteiger partial charge on any atom is -0.423 e. The summed E-state index contributed by atoms with van der Waals surface area (Å²) in [5, 5.41) is 20.6. The second-order valence-electron chi connectivity index (χ2n) is 5.83. The average molecular weight is 361 g/mol. The minimum atomic E-state index is -3.89. The Kier molecular flexibility index (Phi) is 9.30. The minimum absolute atomic E-state index is 0.226. The molecule has 0 radical (unpaired) electrons. The molecule has 0 spiro atoms. The zero-order valence-corrected chi connectivity index (χ0v) is 15.2. The summed E-state index contributed by atoms with van der Waals surface area (Å²) >= 11 is 0. The molecular weight excluding hydrogens is 333 g/mol. The van der Waals surface area contributed by atoms with Crippen LogP contribution in [0.5, 0.6) is 0 Å². The van der Waals surface area contributed by atoms with Crippen molar-refractivity contribution in [1.29, 1.82) is 0 Å². The molecule has 1 unspecified atom stereocenters. The summed E-state index contributed by atoms with van der Waals surface area (Å²) in [5.41, 5.74) is 11.4. The van der Waals surface area contributed by atoms with Gasteiger partial charge in [0.25, 0.3) is 10.1 Å². The molecule has 0 aliphatic heterocycles. The third-order valence-electron chi connectivity index (χ3n) is 3.47. The molecule has 0 fully saturated rings. The first-order valence-electron chi connectivity index (χ1n) is 7.65. The first kappa shape index (κ1) is 22.7. The predicted molar refractivity (Wildman–Crippen MR) is 98.5 cm³/mol. The zero-order chi connectivity index (χ0) is 19.0. The summed E-state index contributed by atoms with van der Waals surface area (Å²) < 4.78 is 30.1. The van der Waals surface area contributed by atoms with Crippen LogP contribution in [-0.4, -0.2) is 48.0 Å². The Morgan fingerprint density at radius 3 is 2.21 bits per heavy atom. The van der Waals surface area contributed by atoms with Gasteiger partial charge in [0.15, 0.2) is 0 Å². The average Bonchev–Trinajstić information content (AvgIpc) is 2.43. The van der Waals surface area contributed by atoms with Crippen LogP contribution in [0.2, 0.25) is 0 Å². The van der Waals surface area contributed by atoms with Crippen molar-refractivity contribution in [2.24, 2.45) is 0 Å². The molecule has 0 heterocycles. The SMILES string of the molecule is CCCNC(C)(CC)CS(=O)(=O)O.Nc1ccc(B(O)O)c(N)c1. The summed E-state index contributed by atoms with van der Waals surface area (Å²) in [6.45, 7) is 6.47.